The molecule has 3 unspecified atom stereocenters. The zero-order valence-electron chi connectivity index (χ0n) is 13.6. The second-order valence-electron chi connectivity index (χ2n) is 7.33. The van der Waals surface area contributed by atoms with Gasteiger partial charge >= 0.3 is 12.0 Å². The van der Waals surface area contributed by atoms with E-state index in [1.54, 1.807) is 0 Å². The molecule has 0 aromatic carbocycles. The maximum Gasteiger partial charge on any atom is 0.317 e. The number of hydrogen-bond acceptors (Lipinski definition) is 2. The number of urea groups is 1. The van der Waals surface area contributed by atoms with Crippen molar-refractivity contribution in [2.24, 2.45) is 17.3 Å². The molecule has 2 amide bonds. The van der Waals surface area contributed by atoms with E-state index in [0.717, 1.165) is 19.3 Å². The minimum Gasteiger partial charge on any atom is -0.481 e. The third-order valence-corrected chi connectivity index (χ3v) is 5.99. The van der Waals surface area contributed by atoms with Crippen LogP contribution in [-0.2, 0) is 4.79 Å². The van der Waals surface area contributed by atoms with Crippen molar-refractivity contribution in [1.29, 1.82) is 0 Å². The van der Waals surface area contributed by atoms with Gasteiger partial charge < -0.3 is 15.3 Å². The molecule has 2 N–H and O–H groups in total. The van der Waals surface area contributed by atoms with E-state index in [4.69, 9.17) is 0 Å². The summed E-state index contributed by atoms with van der Waals surface area (Å²) in [5.74, 6) is -0.903. The van der Waals surface area contributed by atoms with E-state index in [9.17, 15) is 14.7 Å². The molecule has 2 fully saturated rings. The second kappa shape index (κ2) is 5.85. The normalized spacial score (nSPS) is 32.1. The van der Waals surface area contributed by atoms with Gasteiger partial charge in [-0.2, -0.15) is 0 Å². The molecule has 120 valence electrons. The van der Waals surface area contributed by atoms with Gasteiger partial charge in [0, 0.05) is 19.1 Å². The minimum absolute atomic E-state index is 0.0128. The molecule has 0 spiro atoms. The van der Waals surface area contributed by atoms with Gasteiger partial charge in [-0.1, -0.05) is 20.8 Å². The van der Waals surface area contributed by atoms with Crippen LogP contribution in [0.25, 0.3) is 0 Å². The Hall–Kier alpha value is -1.26. The lowest BCUT2D eigenvalue weighted by Gasteiger charge is -2.47. The summed E-state index contributed by atoms with van der Waals surface area (Å²) in [6.45, 7) is 6.07. The van der Waals surface area contributed by atoms with Crippen LogP contribution < -0.4 is 5.32 Å². The molecule has 0 aromatic heterocycles. The van der Waals surface area contributed by atoms with Crippen LogP contribution in [0.2, 0.25) is 0 Å². The number of carbonyl (C=O) groups excluding carboxylic acids is 1. The molecule has 0 aromatic rings. The highest BCUT2D eigenvalue weighted by Crippen LogP contribution is 2.45. The SMILES string of the molecule is CC1C(NC(=O)N(C)C2CCC2)CCC(C(=O)O)C1(C)C. The summed E-state index contributed by atoms with van der Waals surface area (Å²) in [6, 6.07) is 0.426. The van der Waals surface area contributed by atoms with Crippen molar-refractivity contribution in [2.45, 2.75) is 65.0 Å². The molecule has 2 saturated carbocycles. The summed E-state index contributed by atoms with van der Waals surface area (Å²) >= 11 is 0. The first-order valence-electron chi connectivity index (χ1n) is 8.01. The summed E-state index contributed by atoms with van der Waals surface area (Å²) in [7, 11) is 1.86. The summed E-state index contributed by atoms with van der Waals surface area (Å²) in [6.07, 6.45) is 4.76. The van der Waals surface area contributed by atoms with Gasteiger partial charge in [0.25, 0.3) is 0 Å². The molecule has 0 saturated heterocycles. The number of carboxylic acids is 1. The number of rotatable bonds is 3. The summed E-state index contributed by atoms with van der Waals surface area (Å²) in [5, 5.41) is 12.5. The van der Waals surface area contributed by atoms with Crippen LogP contribution in [0.3, 0.4) is 0 Å². The highest BCUT2D eigenvalue weighted by atomic mass is 16.4. The molecule has 5 heteroatoms. The number of nitrogens with zero attached hydrogens (tertiary/aromatic N) is 1. The van der Waals surface area contributed by atoms with Gasteiger partial charge in [-0.25, -0.2) is 4.79 Å². The van der Waals surface area contributed by atoms with E-state index in [-0.39, 0.29) is 29.3 Å². The molecule has 5 nitrogen and oxygen atoms in total. The fraction of sp³-hybridized carbons (Fsp3) is 0.875. The molecule has 0 aliphatic heterocycles. The number of aliphatic carboxylic acids is 1. The fourth-order valence-corrected chi connectivity index (χ4v) is 3.64. The van der Waals surface area contributed by atoms with Gasteiger partial charge in [-0.05, 0) is 43.4 Å². The van der Waals surface area contributed by atoms with Gasteiger partial charge in [0.05, 0.1) is 5.92 Å². The first-order chi connectivity index (χ1) is 9.75. The lowest BCUT2D eigenvalue weighted by molar-refractivity contribution is -0.150. The highest BCUT2D eigenvalue weighted by molar-refractivity contribution is 5.75. The molecule has 0 radical (unpaired) electrons. The summed E-state index contributed by atoms with van der Waals surface area (Å²) in [4.78, 5) is 25.5. The zero-order chi connectivity index (χ0) is 15.8. The Labute approximate surface area is 127 Å². The average Bonchev–Trinajstić information content (AvgIpc) is 2.32. The third-order valence-electron chi connectivity index (χ3n) is 5.99. The predicted molar refractivity (Wildman–Crippen MR) is 81.0 cm³/mol. The van der Waals surface area contributed by atoms with Crippen LogP contribution >= 0.6 is 0 Å². The maximum atomic E-state index is 12.3. The van der Waals surface area contributed by atoms with Gasteiger partial charge in [0.2, 0.25) is 0 Å². The van der Waals surface area contributed by atoms with Crippen LogP contribution in [-0.4, -0.2) is 41.1 Å². The number of carbonyl (C=O) groups is 2. The number of carboxylic acid groups (broad SMARTS) is 1. The standard InChI is InChI=1S/C16H28N2O3/c1-10-13(9-8-12(14(19)20)16(10,2)3)17-15(21)18(4)11-6-5-7-11/h10-13H,5-9H2,1-4H3,(H,17,21)(H,19,20). The molecule has 2 rings (SSSR count). The van der Waals surface area contributed by atoms with E-state index in [0.29, 0.717) is 12.5 Å². The molecule has 0 bridgehead atoms. The quantitative estimate of drug-likeness (QED) is 0.841. The molecule has 21 heavy (non-hydrogen) atoms. The number of hydrogen-bond donors (Lipinski definition) is 2. The first kappa shape index (κ1) is 16.1. The largest absolute Gasteiger partial charge is 0.481 e. The van der Waals surface area contributed by atoms with E-state index in [2.05, 4.69) is 12.2 Å². The lowest BCUT2D eigenvalue weighted by atomic mass is 9.61. The van der Waals surface area contributed by atoms with Gasteiger partial charge in [-0.15, -0.1) is 0 Å². The average molecular weight is 296 g/mol. The Morgan fingerprint density at radius 3 is 2.29 bits per heavy atom. The minimum atomic E-state index is -0.719. The lowest BCUT2D eigenvalue weighted by Crippen LogP contribution is -2.56. The second-order valence-corrected chi connectivity index (χ2v) is 7.33. The number of nitrogens with one attached hydrogen (secondary N) is 1. The molecule has 0 heterocycles. The van der Waals surface area contributed by atoms with Crippen molar-refractivity contribution in [3.8, 4) is 0 Å². The van der Waals surface area contributed by atoms with E-state index >= 15 is 0 Å². The van der Waals surface area contributed by atoms with Gasteiger partial charge in [0.1, 0.15) is 0 Å². The third kappa shape index (κ3) is 3.01. The molecule has 2 aliphatic rings. The smallest absolute Gasteiger partial charge is 0.317 e. The predicted octanol–water partition coefficient (Wildman–Crippen LogP) is 2.71. The van der Waals surface area contributed by atoms with Crippen molar-refractivity contribution < 1.29 is 14.7 Å². The number of amides is 2. The topological polar surface area (TPSA) is 69.6 Å². The zero-order valence-corrected chi connectivity index (χ0v) is 13.6. The van der Waals surface area contributed by atoms with Crippen molar-refractivity contribution in [1.82, 2.24) is 10.2 Å². The highest BCUT2D eigenvalue weighted by Gasteiger charge is 2.46. The van der Waals surface area contributed by atoms with E-state index < -0.39 is 5.97 Å². The van der Waals surface area contributed by atoms with E-state index in [1.165, 1.54) is 6.42 Å². The Balaban J connectivity index is 1.98. The van der Waals surface area contributed by atoms with Gasteiger partial charge in [-0.3, -0.25) is 4.79 Å². The van der Waals surface area contributed by atoms with Crippen LogP contribution in [0.5, 0.6) is 0 Å². The first-order valence-corrected chi connectivity index (χ1v) is 8.01. The summed E-state index contributed by atoms with van der Waals surface area (Å²) < 4.78 is 0. The Morgan fingerprint density at radius 1 is 1.19 bits per heavy atom. The Morgan fingerprint density at radius 2 is 1.81 bits per heavy atom. The van der Waals surface area contributed by atoms with Gasteiger partial charge in [0.15, 0.2) is 0 Å². The van der Waals surface area contributed by atoms with Crippen molar-refractivity contribution in [2.75, 3.05) is 7.05 Å². The fourth-order valence-electron chi connectivity index (χ4n) is 3.64. The molecular formula is C16H28N2O3. The van der Waals surface area contributed by atoms with Crippen LogP contribution in [0.4, 0.5) is 4.79 Å². The van der Waals surface area contributed by atoms with Crippen molar-refractivity contribution in [3.63, 3.8) is 0 Å². The van der Waals surface area contributed by atoms with Crippen LogP contribution in [0.15, 0.2) is 0 Å². The summed E-state index contributed by atoms with van der Waals surface area (Å²) in [5.41, 5.74) is -0.308. The van der Waals surface area contributed by atoms with Crippen LogP contribution in [0, 0.1) is 17.3 Å². The maximum absolute atomic E-state index is 12.3. The van der Waals surface area contributed by atoms with Crippen LogP contribution in [0.1, 0.15) is 52.9 Å². The van der Waals surface area contributed by atoms with Crippen molar-refractivity contribution >= 4 is 12.0 Å². The Bertz CT molecular complexity index is 418. The molecule has 2 aliphatic carbocycles. The van der Waals surface area contributed by atoms with Crippen molar-refractivity contribution in [3.05, 3.63) is 0 Å². The van der Waals surface area contributed by atoms with E-state index in [1.807, 2.05) is 25.8 Å². The molecular weight excluding hydrogens is 268 g/mol. The Kier molecular flexibility index (Phi) is 4.49. The monoisotopic (exact) mass is 296 g/mol. The molecule has 3 atom stereocenters.